The van der Waals surface area contributed by atoms with Gasteiger partial charge in [0.1, 0.15) is 17.5 Å². The molecule has 1 fully saturated rings. The zero-order chi connectivity index (χ0) is 14.0. The van der Waals surface area contributed by atoms with Crippen molar-refractivity contribution in [3.63, 3.8) is 0 Å². The molecule has 106 valence electrons. The van der Waals surface area contributed by atoms with Crippen molar-refractivity contribution in [2.75, 3.05) is 23.3 Å². The standard InChI is InChI=1S/C15H26N4/c1-6-16-14-11(4)15(18-12(5)17-14)19(10(2)3)9-13-7-8-13/h10,13H,6-9H2,1-5H3,(H,16,17,18). The normalized spacial score (nSPS) is 14.8. The van der Waals surface area contributed by atoms with Crippen LogP contribution in [0.4, 0.5) is 11.6 Å². The number of aryl methyl sites for hydroxylation is 1. The Kier molecular flexibility index (Phi) is 4.27. The van der Waals surface area contributed by atoms with Gasteiger partial charge < -0.3 is 10.2 Å². The van der Waals surface area contributed by atoms with Crippen molar-refractivity contribution < 1.29 is 0 Å². The van der Waals surface area contributed by atoms with Crippen molar-refractivity contribution in [3.05, 3.63) is 11.4 Å². The second kappa shape index (κ2) is 5.76. The quantitative estimate of drug-likeness (QED) is 0.855. The average Bonchev–Trinajstić information content (AvgIpc) is 3.14. The molecule has 19 heavy (non-hydrogen) atoms. The molecule has 0 saturated heterocycles. The number of aromatic nitrogens is 2. The summed E-state index contributed by atoms with van der Waals surface area (Å²) in [7, 11) is 0. The molecule has 1 aromatic rings. The molecule has 1 aliphatic rings. The zero-order valence-electron chi connectivity index (χ0n) is 12.8. The summed E-state index contributed by atoms with van der Waals surface area (Å²) in [5.74, 6) is 3.79. The minimum absolute atomic E-state index is 0.475. The van der Waals surface area contributed by atoms with Gasteiger partial charge in [0.25, 0.3) is 0 Å². The lowest BCUT2D eigenvalue weighted by molar-refractivity contribution is 0.632. The highest BCUT2D eigenvalue weighted by molar-refractivity contribution is 5.59. The molecular weight excluding hydrogens is 236 g/mol. The van der Waals surface area contributed by atoms with Crippen LogP contribution in [-0.2, 0) is 0 Å². The second-order valence-electron chi connectivity index (χ2n) is 5.79. The van der Waals surface area contributed by atoms with Gasteiger partial charge in [-0.3, -0.25) is 0 Å². The van der Waals surface area contributed by atoms with Gasteiger partial charge in [-0.15, -0.1) is 0 Å². The first-order valence-corrected chi connectivity index (χ1v) is 7.38. The minimum Gasteiger partial charge on any atom is -0.370 e. The van der Waals surface area contributed by atoms with Gasteiger partial charge in [-0.05, 0) is 53.4 Å². The molecule has 0 bridgehead atoms. The van der Waals surface area contributed by atoms with Gasteiger partial charge in [-0.25, -0.2) is 9.97 Å². The van der Waals surface area contributed by atoms with Gasteiger partial charge in [0.15, 0.2) is 0 Å². The van der Waals surface area contributed by atoms with Crippen LogP contribution in [0.2, 0.25) is 0 Å². The molecule has 0 spiro atoms. The summed E-state index contributed by atoms with van der Waals surface area (Å²) in [4.78, 5) is 11.6. The summed E-state index contributed by atoms with van der Waals surface area (Å²) in [6.45, 7) is 12.7. The average molecular weight is 262 g/mol. The molecule has 0 aromatic carbocycles. The number of anilines is 2. The predicted octanol–water partition coefficient (Wildman–Crippen LogP) is 3.15. The molecule has 0 atom stereocenters. The molecule has 1 saturated carbocycles. The van der Waals surface area contributed by atoms with Crippen molar-refractivity contribution in [2.45, 2.75) is 53.5 Å². The molecular formula is C15H26N4. The first-order chi connectivity index (χ1) is 9.02. The second-order valence-corrected chi connectivity index (χ2v) is 5.79. The third-order valence-electron chi connectivity index (χ3n) is 3.62. The number of nitrogens with one attached hydrogen (secondary N) is 1. The topological polar surface area (TPSA) is 41.1 Å². The monoisotopic (exact) mass is 262 g/mol. The van der Waals surface area contributed by atoms with E-state index in [9.17, 15) is 0 Å². The molecule has 0 amide bonds. The lowest BCUT2D eigenvalue weighted by Crippen LogP contribution is -2.34. The van der Waals surface area contributed by atoms with E-state index < -0.39 is 0 Å². The van der Waals surface area contributed by atoms with Crippen LogP contribution < -0.4 is 10.2 Å². The lowest BCUT2D eigenvalue weighted by atomic mass is 10.2. The van der Waals surface area contributed by atoms with E-state index in [1.54, 1.807) is 0 Å². The largest absolute Gasteiger partial charge is 0.370 e. The Morgan fingerprint density at radius 1 is 1.26 bits per heavy atom. The van der Waals surface area contributed by atoms with E-state index in [1.807, 2.05) is 6.92 Å². The van der Waals surface area contributed by atoms with E-state index in [2.05, 4.69) is 42.9 Å². The fourth-order valence-electron chi connectivity index (χ4n) is 2.35. The Morgan fingerprint density at radius 2 is 1.95 bits per heavy atom. The van der Waals surface area contributed by atoms with Crippen molar-refractivity contribution in [3.8, 4) is 0 Å². The first-order valence-electron chi connectivity index (χ1n) is 7.38. The number of rotatable bonds is 6. The Labute approximate surface area is 116 Å². The third-order valence-corrected chi connectivity index (χ3v) is 3.62. The first kappa shape index (κ1) is 14.1. The summed E-state index contributed by atoms with van der Waals surface area (Å²) in [5.41, 5.74) is 1.17. The Balaban J connectivity index is 2.33. The maximum atomic E-state index is 4.69. The van der Waals surface area contributed by atoms with Gasteiger partial charge >= 0.3 is 0 Å². The van der Waals surface area contributed by atoms with Gasteiger partial charge in [0.05, 0.1) is 0 Å². The maximum Gasteiger partial charge on any atom is 0.137 e. The van der Waals surface area contributed by atoms with E-state index in [4.69, 9.17) is 4.98 Å². The molecule has 0 aliphatic heterocycles. The molecule has 4 heteroatoms. The molecule has 1 heterocycles. The van der Waals surface area contributed by atoms with Crippen LogP contribution in [0.25, 0.3) is 0 Å². The van der Waals surface area contributed by atoms with E-state index >= 15 is 0 Å². The van der Waals surface area contributed by atoms with Crippen LogP contribution in [0.5, 0.6) is 0 Å². The Bertz CT molecular complexity index is 438. The Morgan fingerprint density at radius 3 is 2.47 bits per heavy atom. The zero-order valence-corrected chi connectivity index (χ0v) is 12.8. The minimum atomic E-state index is 0.475. The van der Waals surface area contributed by atoms with Crippen LogP contribution in [0, 0.1) is 19.8 Å². The third kappa shape index (κ3) is 3.37. The summed E-state index contributed by atoms with van der Waals surface area (Å²) < 4.78 is 0. The van der Waals surface area contributed by atoms with Crippen molar-refractivity contribution in [1.82, 2.24) is 9.97 Å². The van der Waals surface area contributed by atoms with Crippen LogP contribution in [0.1, 0.15) is 45.0 Å². The highest BCUT2D eigenvalue weighted by Gasteiger charge is 2.27. The Hall–Kier alpha value is -1.32. The van der Waals surface area contributed by atoms with Crippen LogP contribution in [0.3, 0.4) is 0 Å². The molecule has 0 radical (unpaired) electrons. The maximum absolute atomic E-state index is 4.69. The molecule has 2 rings (SSSR count). The highest BCUT2D eigenvalue weighted by Crippen LogP contribution is 2.33. The summed E-state index contributed by atoms with van der Waals surface area (Å²) in [5, 5.41) is 3.34. The van der Waals surface area contributed by atoms with E-state index in [-0.39, 0.29) is 0 Å². The molecule has 1 N–H and O–H groups in total. The highest BCUT2D eigenvalue weighted by atomic mass is 15.2. The van der Waals surface area contributed by atoms with Gasteiger partial charge in [0, 0.05) is 24.7 Å². The molecule has 4 nitrogen and oxygen atoms in total. The van der Waals surface area contributed by atoms with Gasteiger partial charge in [-0.2, -0.15) is 0 Å². The predicted molar refractivity (Wildman–Crippen MR) is 80.9 cm³/mol. The summed E-state index contributed by atoms with van der Waals surface area (Å²) >= 11 is 0. The van der Waals surface area contributed by atoms with Crippen molar-refractivity contribution >= 4 is 11.6 Å². The molecule has 1 aromatic heterocycles. The summed E-state index contributed by atoms with van der Waals surface area (Å²) in [6, 6.07) is 0.475. The van der Waals surface area contributed by atoms with E-state index in [0.29, 0.717) is 6.04 Å². The smallest absolute Gasteiger partial charge is 0.137 e. The van der Waals surface area contributed by atoms with Crippen molar-refractivity contribution in [1.29, 1.82) is 0 Å². The van der Waals surface area contributed by atoms with Crippen LogP contribution in [0.15, 0.2) is 0 Å². The summed E-state index contributed by atoms with van der Waals surface area (Å²) in [6.07, 6.45) is 2.73. The van der Waals surface area contributed by atoms with E-state index in [1.165, 1.54) is 18.4 Å². The van der Waals surface area contributed by atoms with Crippen LogP contribution in [-0.4, -0.2) is 29.1 Å². The fraction of sp³-hybridized carbons (Fsp3) is 0.733. The van der Waals surface area contributed by atoms with Gasteiger partial charge in [0.2, 0.25) is 0 Å². The van der Waals surface area contributed by atoms with Gasteiger partial charge in [-0.1, -0.05) is 0 Å². The lowest BCUT2D eigenvalue weighted by Gasteiger charge is -2.30. The van der Waals surface area contributed by atoms with Crippen LogP contribution >= 0.6 is 0 Å². The molecule has 0 unspecified atom stereocenters. The number of hydrogen-bond donors (Lipinski definition) is 1. The van der Waals surface area contributed by atoms with Crippen molar-refractivity contribution in [2.24, 2.45) is 5.92 Å². The molecule has 1 aliphatic carbocycles. The number of hydrogen-bond acceptors (Lipinski definition) is 4. The fourth-order valence-corrected chi connectivity index (χ4v) is 2.35. The SMILES string of the molecule is CCNc1nc(C)nc(N(CC2CC2)C(C)C)c1C. The van der Waals surface area contributed by atoms with E-state index in [0.717, 1.165) is 36.5 Å². The number of nitrogens with zero attached hydrogens (tertiary/aromatic N) is 3.